The fourth-order valence-corrected chi connectivity index (χ4v) is 11.2. The Kier molecular flexibility index (Phi) is 15.6. The van der Waals surface area contributed by atoms with Crippen LogP contribution in [-0.4, -0.2) is 84.0 Å². The molecule has 2 N–H and O–H groups in total. The molecule has 0 spiro atoms. The van der Waals surface area contributed by atoms with Crippen LogP contribution in [0.15, 0.2) is 133 Å². The topological polar surface area (TPSA) is 129 Å². The number of carbonyl (C=O) groups excluding carboxylic acids is 1. The second-order valence-corrected chi connectivity index (χ2v) is 18.7. The molecule has 358 valence electrons. The van der Waals surface area contributed by atoms with Gasteiger partial charge < -0.3 is 38.7 Å². The predicted molar refractivity (Wildman–Crippen MR) is 265 cm³/mol. The summed E-state index contributed by atoms with van der Waals surface area (Å²) in [7, 11) is 0. The lowest BCUT2D eigenvalue weighted by Gasteiger charge is -2.60. The molecule has 0 aromatic heterocycles. The number of aliphatic hydroxyl groups is 2. The van der Waals surface area contributed by atoms with Crippen LogP contribution in [0, 0.1) is 17.8 Å². The number of benzene rings is 5. The molecule has 68 heavy (non-hydrogen) atoms. The summed E-state index contributed by atoms with van der Waals surface area (Å²) in [5, 5.41) is 29.4. The second kappa shape index (κ2) is 22.3. The number of allylic oxidation sites excluding steroid dienone is 1. The summed E-state index contributed by atoms with van der Waals surface area (Å²) in [6.07, 6.45) is 10.4. The molecule has 1 saturated heterocycles. The van der Waals surface area contributed by atoms with Gasteiger partial charge in [-0.3, -0.25) is 4.90 Å². The van der Waals surface area contributed by atoms with Crippen molar-refractivity contribution in [1.29, 1.82) is 0 Å². The zero-order chi connectivity index (χ0) is 46.9. The minimum Gasteiger partial charge on any atom is -0.459 e. The number of alkyl halides is 1. The molecule has 11 nitrogen and oxygen atoms in total. The van der Waals surface area contributed by atoms with E-state index in [1.807, 2.05) is 60.7 Å². The van der Waals surface area contributed by atoms with E-state index in [1.54, 1.807) is 11.0 Å². The molecule has 7 unspecified atom stereocenters. The van der Waals surface area contributed by atoms with Gasteiger partial charge in [-0.05, 0) is 113 Å². The molecule has 12 heteroatoms. The Bertz CT molecular complexity index is 2590. The van der Waals surface area contributed by atoms with E-state index in [4.69, 9.17) is 45.3 Å². The Labute approximate surface area is 404 Å². The smallest absolute Gasteiger partial charge is 0.410 e. The monoisotopic (exact) mass is 942 g/mol. The highest BCUT2D eigenvalue weighted by Gasteiger charge is 2.66. The summed E-state index contributed by atoms with van der Waals surface area (Å²) in [6.45, 7) is 5.17. The third-order valence-electron chi connectivity index (χ3n) is 14.2. The Morgan fingerprint density at radius 1 is 0.882 bits per heavy atom. The third kappa shape index (κ3) is 10.1. The molecule has 2 heterocycles. The van der Waals surface area contributed by atoms with Gasteiger partial charge in [0.15, 0.2) is 0 Å². The molecular weight excluding hydrogens is 880 g/mol. The minimum absolute atomic E-state index is 0.00602. The van der Waals surface area contributed by atoms with E-state index in [-0.39, 0.29) is 63.0 Å². The van der Waals surface area contributed by atoms with Gasteiger partial charge in [0, 0.05) is 37.5 Å². The highest BCUT2D eigenvalue weighted by molar-refractivity contribution is 6.18. The van der Waals surface area contributed by atoms with Gasteiger partial charge in [-0.15, -0.1) is 18.2 Å². The van der Waals surface area contributed by atoms with E-state index >= 15 is 0 Å². The average Bonchev–Trinajstić information content (AvgIpc) is 3.37. The molecule has 0 radical (unpaired) electrons. The van der Waals surface area contributed by atoms with Crippen LogP contribution < -0.4 is 9.47 Å². The number of carbonyl (C=O) groups is 1. The van der Waals surface area contributed by atoms with Crippen molar-refractivity contribution < 1.29 is 43.5 Å². The first-order valence-corrected chi connectivity index (χ1v) is 25.0. The van der Waals surface area contributed by atoms with E-state index < -0.39 is 30.1 Å². The molecule has 2 aliphatic heterocycles. The van der Waals surface area contributed by atoms with Crippen LogP contribution in [0.2, 0.25) is 0 Å². The van der Waals surface area contributed by atoms with Gasteiger partial charge in [-0.2, -0.15) is 0 Å². The van der Waals surface area contributed by atoms with Crippen LogP contribution in [0.4, 0.5) is 4.79 Å². The van der Waals surface area contributed by atoms with Gasteiger partial charge in [-0.1, -0.05) is 103 Å². The fourth-order valence-electron chi connectivity index (χ4n) is 11.1. The van der Waals surface area contributed by atoms with Crippen LogP contribution in [0.3, 0.4) is 0 Å². The lowest BCUT2D eigenvalue weighted by molar-refractivity contribution is -0.256. The van der Waals surface area contributed by atoms with E-state index in [1.165, 1.54) is 0 Å². The first kappa shape index (κ1) is 47.6. The lowest BCUT2D eigenvalue weighted by atomic mass is 9.55. The van der Waals surface area contributed by atoms with Crippen LogP contribution in [-0.2, 0) is 25.6 Å². The Morgan fingerprint density at radius 2 is 1.65 bits per heavy atom. The van der Waals surface area contributed by atoms with Crippen molar-refractivity contribution in [3.8, 4) is 17.2 Å². The summed E-state index contributed by atoms with van der Waals surface area (Å²) in [4.78, 5) is 23.0. The SMILES string of the molecule is C=CCOC12Oc3ccc(Oc4ccc5ccccc5c4)cc3C3C(CCCCO)C(CCCCO)C=C(C(=NOC4CCCCO4)CC1N(Cc1cccc4ccccc14)C(=O)OCCCl)C32. The molecule has 4 aliphatic rings. The summed E-state index contributed by atoms with van der Waals surface area (Å²) in [6, 6.07) is 33.8. The number of aliphatic hydroxyl groups excluding tert-OH is 2. The van der Waals surface area contributed by atoms with Crippen LogP contribution in [0.25, 0.3) is 21.5 Å². The average molecular weight is 944 g/mol. The normalized spacial score (nSPS) is 24.6. The summed E-state index contributed by atoms with van der Waals surface area (Å²) in [5.74, 6) is -0.0729. The van der Waals surface area contributed by atoms with E-state index in [2.05, 4.69) is 55.1 Å². The summed E-state index contributed by atoms with van der Waals surface area (Å²) in [5.41, 5.74) is 3.50. The molecule has 7 atom stereocenters. The quantitative estimate of drug-likeness (QED) is 0.0339. The fraction of sp³-hybridized carbons (Fsp3) is 0.429. The lowest BCUT2D eigenvalue weighted by Crippen LogP contribution is -2.70. The first-order valence-electron chi connectivity index (χ1n) is 24.4. The van der Waals surface area contributed by atoms with E-state index in [0.29, 0.717) is 48.8 Å². The van der Waals surface area contributed by atoms with Crippen molar-refractivity contribution in [2.45, 2.75) is 94.8 Å². The maximum Gasteiger partial charge on any atom is 0.410 e. The standard InChI is InChI=1S/C56H63ClN2O9/c1-2-30-65-56-51(59(55(62)64-32-27-57)37-42-19-13-18-39-15-5-6-20-45(39)42)36-49(58-68-52-22-9-12-31-63-52)47-34-41(17-7-10-28-60)46(21-8-11-29-61)53(54(47)56)48-35-44(25-26-50(48)67-56)66-43-24-23-38-14-3-4-16-40(38)33-43/h2-6,13-16,18-20,23-26,33-35,41,46,51-54,60-61H,1,7-12,17,21-22,27-32,36-37H2. The maximum absolute atomic E-state index is 14.9. The number of amides is 1. The highest BCUT2D eigenvalue weighted by atomic mass is 35.5. The molecule has 2 aliphatic carbocycles. The van der Waals surface area contributed by atoms with Crippen molar-refractivity contribution in [3.63, 3.8) is 0 Å². The number of hydrogen-bond acceptors (Lipinski definition) is 10. The van der Waals surface area contributed by atoms with Crippen LogP contribution in [0.1, 0.15) is 81.3 Å². The van der Waals surface area contributed by atoms with Gasteiger partial charge in [-0.25, -0.2) is 4.79 Å². The summed E-state index contributed by atoms with van der Waals surface area (Å²) < 4.78 is 33.5. The van der Waals surface area contributed by atoms with Gasteiger partial charge >= 0.3 is 6.09 Å². The number of rotatable bonds is 20. The molecule has 5 aromatic rings. The second-order valence-electron chi connectivity index (χ2n) is 18.4. The van der Waals surface area contributed by atoms with Crippen LogP contribution >= 0.6 is 11.6 Å². The zero-order valence-electron chi connectivity index (χ0n) is 38.7. The molecule has 1 saturated carbocycles. The Balaban J connectivity index is 1.25. The van der Waals surface area contributed by atoms with Crippen LogP contribution in [0.5, 0.6) is 17.2 Å². The molecule has 5 aromatic carbocycles. The van der Waals surface area contributed by atoms with Gasteiger partial charge in [0.1, 0.15) is 29.9 Å². The van der Waals surface area contributed by atoms with E-state index in [0.717, 1.165) is 76.8 Å². The minimum atomic E-state index is -1.49. The van der Waals surface area contributed by atoms with Crippen molar-refractivity contribution >= 4 is 45.0 Å². The molecular formula is C56H63ClN2O9. The van der Waals surface area contributed by atoms with Crippen molar-refractivity contribution in [3.05, 3.63) is 139 Å². The molecule has 1 amide bonds. The van der Waals surface area contributed by atoms with Crippen molar-refractivity contribution in [2.75, 3.05) is 38.9 Å². The number of unbranched alkanes of at least 4 members (excludes halogenated alkanes) is 2. The Morgan fingerprint density at radius 3 is 2.44 bits per heavy atom. The van der Waals surface area contributed by atoms with Crippen molar-refractivity contribution in [2.24, 2.45) is 22.9 Å². The van der Waals surface area contributed by atoms with Crippen molar-refractivity contribution in [1.82, 2.24) is 4.90 Å². The van der Waals surface area contributed by atoms with Gasteiger partial charge in [0.2, 0.25) is 12.1 Å². The third-order valence-corrected chi connectivity index (χ3v) is 14.3. The number of fused-ring (bicyclic) bond motifs is 4. The summed E-state index contributed by atoms with van der Waals surface area (Å²) >= 11 is 6.21. The van der Waals surface area contributed by atoms with Gasteiger partial charge in [0.05, 0.1) is 37.3 Å². The molecule has 2 fully saturated rings. The largest absolute Gasteiger partial charge is 0.459 e. The van der Waals surface area contributed by atoms with Gasteiger partial charge in [0.25, 0.3) is 0 Å². The number of oxime groups is 1. The molecule has 0 bridgehead atoms. The number of hydrogen-bond donors (Lipinski definition) is 2. The van der Waals surface area contributed by atoms with E-state index in [9.17, 15) is 15.0 Å². The molecule has 9 rings (SSSR count). The predicted octanol–water partition coefficient (Wildman–Crippen LogP) is 11.8. The number of ether oxygens (including phenoxy) is 5. The zero-order valence-corrected chi connectivity index (χ0v) is 39.4. The number of nitrogens with zero attached hydrogens (tertiary/aromatic N) is 2. The highest BCUT2D eigenvalue weighted by Crippen LogP contribution is 2.62. The Hall–Kier alpha value is -5.43. The maximum atomic E-state index is 14.9. The number of halogens is 1. The first-order chi connectivity index (χ1) is 33.4.